The lowest BCUT2D eigenvalue weighted by Gasteiger charge is -2.11. The zero-order valence-electron chi connectivity index (χ0n) is 13.2. The van der Waals surface area contributed by atoms with Gasteiger partial charge in [-0.25, -0.2) is 0 Å². The maximum Gasteiger partial charge on any atom is 0.226 e. The lowest BCUT2D eigenvalue weighted by Crippen LogP contribution is -2.16. The van der Waals surface area contributed by atoms with Crippen molar-refractivity contribution in [2.24, 2.45) is 0 Å². The average molecular weight is 361 g/mol. The fourth-order valence-corrected chi connectivity index (χ4v) is 2.53. The second-order valence-corrected chi connectivity index (χ2v) is 6.29. The predicted molar refractivity (Wildman–Crippen MR) is 96.5 cm³/mol. The van der Waals surface area contributed by atoms with Crippen molar-refractivity contribution in [3.05, 3.63) is 57.6 Å². The zero-order chi connectivity index (χ0) is 16.1. The van der Waals surface area contributed by atoms with E-state index in [4.69, 9.17) is 0 Å². The number of hydrogen-bond donors (Lipinski definition) is 2. The number of amides is 1. The summed E-state index contributed by atoms with van der Waals surface area (Å²) in [5, 5.41) is 6.23. The van der Waals surface area contributed by atoms with Crippen molar-refractivity contribution >= 4 is 33.2 Å². The third-order valence-electron chi connectivity index (χ3n) is 3.73. The first-order valence-corrected chi connectivity index (χ1v) is 8.13. The minimum atomic E-state index is 0.00793. The summed E-state index contributed by atoms with van der Waals surface area (Å²) in [7, 11) is 0. The summed E-state index contributed by atoms with van der Waals surface area (Å²) in [6, 6.07) is 12.0. The van der Waals surface area contributed by atoms with Gasteiger partial charge in [-0.05, 0) is 55.7 Å². The number of rotatable bonds is 5. The highest BCUT2D eigenvalue weighted by Crippen LogP contribution is 2.21. The average Bonchev–Trinajstić information content (AvgIpc) is 2.47. The molecule has 0 aliphatic rings. The van der Waals surface area contributed by atoms with Crippen LogP contribution < -0.4 is 10.6 Å². The van der Waals surface area contributed by atoms with Gasteiger partial charge in [0.25, 0.3) is 0 Å². The molecule has 0 aliphatic carbocycles. The summed E-state index contributed by atoms with van der Waals surface area (Å²) in [5.74, 6) is 0.00793. The molecule has 2 rings (SSSR count). The summed E-state index contributed by atoms with van der Waals surface area (Å²) in [5.41, 5.74) is 5.53. The van der Waals surface area contributed by atoms with E-state index in [1.54, 1.807) is 0 Å². The van der Waals surface area contributed by atoms with Crippen LogP contribution in [0.1, 0.15) is 23.1 Å². The maximum atomic E-state index is 12.0. The van der Waals surface area contributed by atoms with Crippen LogP contribution >= 0.6 is 15.9 Å². The Balaban J connectivity index is 1.85. The molecule has 3 nitrogen and oxygen atoms in total. The van der Waals surface area contributed by atoms with E-state index in [9.17, 15) is 4.79 Å². The number of hydrogen-bond acceptors (Lipinski definition) is 2. The molecular formula is C18H21BrN2O. The van der Waals surface area contributed by atoms with E-state index < -0.39 is 0 Å². The molecule has 2 aromatic rings. The Morgan fingerprint density at radius 3 is 2.59 bits per heavy atom. The van der Waals surface area contributed by atoms with Crippen molar-refractivity contribution in [3.63, 3.8) is 0 Å². The summed E-state index contributed by atoms with van der Waals surface area (Å²) in [6.45, 7) is 6.80. The van der Waals surface area contributed by atoms with E-state index in [2.05, 4.69) is 46.5 Å². The topological polar surface area (TPSA) is 41.1 Å². The van der Waals surface area contributed by atoms with Crippen LogP contribution in [0.15, 0.2) is 40.9 Å². The van der Waals surface area contributed by atoms with Crippen molar-refractivity contribution in [1.82, 2.24) is 0 Å². The van der Waals surface area contributed by atoms with Crippen LogP contribution in [-0.4, -0.2) is 12.5 Å². The van der Waals surface area contributed by atoms with Gasteiger partial charge in [-0.15, -0.1) is 0 Å². The summed E-state index contributed by atoms with van der Waals surface area (Å²) in [4.78, 5) is 12.0. The number of halogens is 1. The summed E-state index contributed by atoms with van der Waals surface area (Å²) >= 11 is 3.47. The maximum absolute atomic E-state index is 12.0. The molecule has 0 bridgehead atoms. The fourth-order valence-electron chi connectivity index (χ4n) is 2.15. The quantitative estimate of drug-likeness (QED) is 0.802. The number of nitrogens with one attached hydrogen (secondary N) is 2. The van der Waals surface area contributed by atoms with Crippen LogP contribution in [0, 0.1) is 20.8 Å². The van der Waals surface area contributed by atoms with E-state index in [1.807, 2.05) is 37.3 Å². The molecule has 0 aromatic heterocycles. The Bertz CT molecular complexity index is 683. The molecule has 4 heteroatoms. The van der Waals surface area contributed by atoms with Gasteiger partial charge in [0.05, 0.1) is 0 Å². The van der Waals surface area contributed by atoms with Gasteiger partial charge < -0.3 is 10.6 Å². The SMILES string of the molecule is Cc1ccc(NC(=O)CCNc2cccc(C)c2C)cc1Br. The van der Waals surface area contributed by atoms with E-state index in [1.165, 1.54) is 11.1 Å². The van der Waals surface area contributed by atoms with Crippen LogP contribution in [0.4, 0.5) is 11.4 Å². The predicted octanol–water partition coefficient (Wildman–Crippen LogP) is 4.82. The molecule has 0 radical (unpaired) electrons. The van der Waals surface area contributed by atoms with E-state index in [0.717, 1.165) is 21.4 Å². The molecule has 2 aromatic carbocycles. The van der Waals surface area contributed by atoms with Gasteiger partial charge in [-0.1, -0.05) is 34.1 Å². The standard InChI is InChI=1S/C18H21BrN2O/c1-12-5-4-6-17(14(12)3)20-10-9-18(22)21-15-8-7-13(2)16(19)11-15/h4-8,11,20H,9-10H2,1-3H3,(H,21,22). The number of aryl methyl sites for hydroxylation is 2. The zero-order valence-corrected chi connectivity index (χ0v) is 14.8. The van der Waals surface area contributed by atoms with E-state index in [-0.39, 0.29) is 5.91 Å². The van der Waals surface area contributed by atoms with Crippen molar-refractivity contribution in [2.45, 2.75) is 27.2 Å². The van der Waals surface area contributed by atoms with Gasteiger partial charge in [0.1, 0.15) is 0 Å². The Hall–Kier alpha value is -1.81. The molecule has 0 saturated heterocycles. The lowest BCUT2D eigenvalue weighted by atomic mass is 10.1. The van der Waals surface area contributed by atoms with Crippen molar-refractivity contribution in [3.8, 4) is 0 Å². The number of benzene rings is 2. The van der Waals surface area contributed by atoms with Gasteiger partial charge in [0.15, 0.2) is 0 Å². The van der Waals surface area contributed by atoms with Gasteiger partial charge in [-0.3, -0.25) is 4.79 Å². The Morgan fingerprint density at radius 1 is 1.09 bits per heavy atom. The molecule has 0 aliphatic heterocycles. The van der Waals surface area contributed by atoms with Crippen LogP contribution in [0.3, 0.4) is 0 Å². The van der Waals surface area contributed by atoms with Crippen LogP contribution in [0.5, 0.6) is 0 Å². The monoisotopic (exact) mass is 360 g/mol. The second kappa shape index (κ2) is 7.45. The van der Waals surface area contributed by atoms with Crippen molar-refractivity contribution in [1.29, 1.82) is 0 Å². The molecule has 0 unspecified atom stereocenters. The third kappa shape index (κ3) is 4.34. The largest absolute Gasteiger partial charge is 0.384 e. The Kier molecular flexibility index (Phi) is 5.61. The molecule has 1 amide bonds. The van der Waals surface area contributed by atoms with E-state index in [0.29, 0.717) is 13.0 Å². The first-order valence-electron chi connectivity index (χ1n) is 7.33. The minimum Gasteiger partial charge on any atom is -0.384 e. The van der Waals surface area contributed by atoms with Gasteiger partial charge in [0.2, 0.25) is 5.91 Å². The number of carbonyl (C=O) groups is 1. The molecule has 0 fully saturated rings. The molecule has 0 spiro atoms. The van der Waals surface area contributed by atoms with Gasteiger partial charge >= 0.3 is 0 Å². The first kappa shape index (κ1) is 16.6. The number of anilines is 2. The molecule has 22 heavy (non-hydrogen) atoms. The van der Waals surface area contributed by atoms with Crippen LogP contribution in [0.2, 0.25) is 0 Å². The molecule has 0 heterocycles. The third-order valence-corrected chi connectivity index (χ3v) is 4.58. The smallest absolute Gasteiger partial charge is 0.226 e. The summed E-state index contributed by atoms with van der Waals surface area (Å²) in [6.07, 6.45) is 0.429. The highest BCUT2D eigenvalue weighted by molar-refractivity contribution is 9.10. The molecule has 0 atom stereocenters. The molecular weight excluding hydrogens is 340 g/mol. The second-order valence-electron chi connectivity index (χ2n) is 5.44. The van der Waals surface area contributed by atoms with Crippen molar-refractivity contribution in [2.75, 3.05) is 17.2 Å². The highest BCUT2D eigenvalue weighted by Gasteiger charge is 2.05. The van der Waals surface area contributed by atoms with Crippen LogP contribution in [-0.2, 0) is 4.79 Å². The Labute approximate surface area is 140 Å². The van der Waals surface area contributed by atoms with Gasteiger partial charge in [-0.2, -0.15) is 0 Å². The summed E-state index contributed by atoms with van der Waals surface area (Å²) < 4.78 is 0.999. The van der Waals surface area contributed by atoms with Gasteiger partial charge in [0, 0.05) is 28.8 Å². The van der Waals surface area contributed by atoms with Crippen LogP contribution in [0.25, 0.3) is 0 Å². The Morgan fingerprint density at radius 2 is 1.86 bits per heavy atom. The van der Waals surface area contributed by atoms with E-state index >= 15 is 0 Å². The number of carbonyl (C=O) groups excluding carboxylic acids is 1. The molecule has 0 saturated carbocycles. The normalized spacial score (nSPS) is 10.4. The lowest BCUT2D eigenvalue weighted by molar-refractivity contribution is -0.115. The highest BCUT2D eigenvalue weighted by atomic mass is 79.9. The molecule has 116 valence electrons. The molecule has 2 N–H and O–H groups in total. The first-order chi connectivity index (χ1) is 10.5. The van der Waals surface area contributed by atoms with Crippen molar-refractivity contribution < 1.29 is 4.79 Å². The minimum absolute atomic E-state index is 0.00793. The fraction of sp³-hybridized carbons (Fsp3) is 0.278.